The maximum atomic E-state index is 7.48. The fourth-order valence-electron chi connectivity index (χ4n) is 2.78. The van der Waals surface area contributed by atoms with E-state index < -0.39 is 0 Å². The topological polar surface area (TPSA) is 53.1 Å². The van der Waals surface area contributed by atoms with E-state index in [0.717, 1.165) is 18.7 Å². The third kappa shape index (κ3) is 3.33. The minimum Gasteiger partial charge on any atom is -0.384 e. The maximum absolute atomic E-state index is 7.48. The molecule has 0 bridgehead atoms. The van der Waals surface area contributed by atoms with Crippen LogP contribution in [0.1, 0.15) is 37.8 Å². The molecule has 2 rings (SSSR count). The third-order valence-corrected chi connectivity index (χ3v) is 3.62. The summed E-state index contributed by atoms with van der Waals surface area (Å²) in [5.74, 6) is 0.149. The molecule has 0 saturated carbocycles. The summed E-state index contributed by atoms with van der Waals surface area (Å²) >= 11 is 0. The number of rotatable bonds is 3. The Morgan fingerprint density at radius 2 is 2.22 bits per heavy atom. The first kappa shape index (κ1) is 13.1. The monoisotopic (exact) mass is 245 g/mol. The summed E-state index contributed by atoms with van der Waals surface area (Å²) in [7, 11) is 0. The van der Waals surface area contributed by atoms with Crippen LogP contribution in [0.3, 0.4) is 0 Å². The highest BCUT2D eigenvalue weighted by molar-refractivity contribution is 5.95. The van der Waals surface area contributed by atoms with Crippen molar-refractivity contribution in [2.75, 3.05) is 13.1 Å². The highest BCUT2D eigenvalue weighted by atomic mass is 15.1. The first-order valence-corrected chi connectivity index (χ1v) is 6.62. The van der Waals surface area contributed by atoms with E-state index in [-0.39, 0.29) is 5.84 Å². The molecule has 0 aromatic heterocycles. The molecule has 1 saturated heterocycles. The summed E-state index contributed by atoms with van der Waals surface area (Å²) < 4.78 is 0. The van der Waals surface area contributed by atoms with Gasteiger partial charge in [-0.05, 0) is 36.4 Å². The normalized spacial score (nSPS) is 19.7. The minimum absolute atomic E-state index is 0.149. The highest BCUT2D eigenvalue weighted by Crippen LogP contribution is 2.29. The number of amidine groups is 1. The van der Waals surface area contributed by atoms with Crippen molar-refractivity contribution in [2.24, 2.45) is 11.1 Å². The van der Waals surface area contributed by atoms with Gasteiger partial charge < -0.3 is 5.73 Å². The lowest BCUT2D eigenvalue weighted by Crippen LogP contribution is -2.39. The number of nitrogen functional groups attached to an aromatic ring is 1. The van der Waals surface area contributed by atoms with Crippen LogP contribution in [0.15, 0.2) is 24.3 Å². The Hall–Kier alpha value is -1.35. The molecule has 98 valence electrons. The third-order valence-electron chi connectivity index (χ3n) is 3.62. The van der Waals surface area contributed by atoms with E-state index in [4.69, 9.17) is 11.1 Å². The number of benzene rings is 1. The Labute approximate surface area is 109 Å². The molecule has 0 atom stereocenters. The fraction of sp³-hybridized carbons (Fsp3) is 0.533. The Bertz CT molecular complexity index is 437. The molecule has 1 aliphatic rings. The number of piperidine rings is 1. The van der Waals surface area contributed by atoms with Gasteiger partial charge in [0.2, 0.25) is 0 Å². The summed E-state index contributed by atoms with van der Waals surface area (Å²) in [4.78, 5) is 2.50. The second-order valence-electron chi connectivity index (χ2n) is 6.09. The number of nitrogens with two attached hydrogens (primary N) is 1. The summed E-state index contributed by atoms with van der Waals surface area (Å²) in [6.07, 6.45) is 2.59. The number of hydrogen-bond donors (Lipinski definition) is 2. The van der Waals surface area contributed by atoms with Gasteiger partial charge in [0.25, 0.3) is 0 Å². The molecule has 3 nitrogen and oxygen atoms in total. The van der Waals surface area contributed by atoms with Crippen LogP contribution in [0.5, 0.6) is 0 Å². The van der Waals surface area contributed by atoms with Crippen molar-refractivity contribution in [1.82, 2.24) is 4.90 Å². The van der Waals surface area contributed by atoms with Gasteiger partial charge >= 0.3 is 0 Å². The van der Waals surface area contributed by atoms with Crippen molar-refractivity contribution >= 4 is 5.84 Å². The van der Waals surface area contributed by atoms with E-state index in [2.05, 4.69) is 24.8 Å². The van der Waals surface area contributed by atoms with Crippen molar-refractivity contribution in [1.29, 1.82) is 5.41 Å². The molecule has 18 heavy (non-hydrogen) atoms. The van der Waals surface area contributed by atoms with Gasteiger partial charge in [0.15, 0.2) is 0 Å². The molecule has 1 fully saturated rings. The summed E-state index contributed by atoms with van der Waals surface area (Å²) in [6, 6.07) is 8.03. The average Bonchev–Trinajstić information content (AvgIpc) is 2.28. The molecule has 3 heteroatoms. The molecule has 0 spiro atoms. The van der Waals surface area contributed by atoms with Crippen LogP contribution in [0.25, 0.3) is 0 Å². The second-order valence-corrected chi connectivity index (χ2v) is 6.09. The molecular formula is C15H23N3. The van der Waals surface area contributed by atoms with E-state index in [0.29, 0.717) is 5.41 Å². The summed E-state index contributed by atoms with van der Waals surface area (Å²) in [5.41, 5.74) is 8.03. The lowest BCUT2D eigenvalue weighted by molar-refractivity contribution is 0.111. The first-order chi connectivity index (χ1) is 8.46. The van der Waals surface area contributed by atoms with Crippen molar-refractivity contribution in [3.8, 4) is 0 Å². The Morgan fingerprint density at radius 1 is 1.44 bits per heavy atom. The van der Waals surface area contributed by atoms with Gasteiger partial charge in [-0.2, -0.15) is 0 Å². The quantitative estimate of drug-likeness (QED) is 0.635. The molecule has 1 heterocycles. The van der Waals surface area contributed by atoms with Gasteiger partial charge in [-0.15, -0.1) is 0 Å². The molecule has 0 amide bonds. The molecule has 1 aromatic rings. The summed E-state index contributed by atoms with van der Waals surface area (Å²) in [5, 5.41) is 7.48. The lowest BCUT2D eigenvalue weighted by Gasteiger charge is -2.38. The minimum atomic E-state index is 0.149. The molecule has 1 aliphatic heterocycles. The van der Waals surface area contributed by atoms with Crippen LogP contribution in [0.2, 0.25) is 0 Å². The predicted molar refractivity (Wildman–Crippen MR) is 75.8 cm³/mol. The second kappa shape index (κ2) is 5.11. The van der Waals surface area contributed by atoms with Gasteiger partial charge in [-0.25, -0.2) is 0 Å². The molecule has 0 radical (unpaired) electrons. The Balaban J connectivity index is 2.05. The predicted octanol–water partition coefficient (Wildman–Crippen LogP) is 2.59. The number of nitrogens with zero attached hydrogens (tertiary/aromatic N) is 1. The van der Waals surface area contributed by atoms with E-state index in [1.165, 1.54) is 24.9 Å². The van der Waals surface area contributed by atoms with Crippen molar-refractivity contribution in [3.05, 3.63) is 35.4 Å². The molecule has 1 aromatic carbocycles. The zero-order chi connectivity index (χ0) is 13.2. The van der Waals surface area contributed by atoms with Crippen molar-refractivity contribution in [3.63, 3.8) is 0 Å². The van der Waals surface area contributed by atoms with E-state index in [1.54, 1.807) is 0 Å². The number of hydrogen-bond acceptors (Lipinski definition) is 2. The van der Waals surface area contributed by atoms with Gasteiger partial charge in [0, 0.05) is 18.7 Å². The standard InChI is InChI=1S/C15H23N3/c1-15(2)7-4-8-18(11-15)10-12-5-3-6-13(9-12)14(16)17/h3,5-6,9H,4,7-8,10-11H2,1-2H3,(H3,16,17). The Kier molecular flexibility index (Phi) is 3.71. The zero-order valence-electron chi connectivity index (χ0n) is 11.4. The van der Waals surface area contributed by atoms with Crippen LogP contribution < -0.4 is 5.73 Å². The Morgan fingerprint density at radius 3 is 2.89 bits per heavy atom. The molecular weight excluding hydrogens is 222 g/mol. The number of nitrogens with one attached hydrogen (secondary N) is 1. The lowest BCUT2D eigenvalue weighted by atomic mass is 9.84. The summed E-state index contributed by atoms with van der Waals surface area (Å²) in [6.45, 7) is 7.96. The van der Waals surface area contributed by atoms with E-state index in [9.17, 15) is 0 Å². The van der Waals surface area contributed by atoms with Crippen molar-refractivity contribution < 1.29 is 0 Å². The van der Waals surface area contributed by atoms with E-state index >= 15 is 0 Å². The SMILES string of the molecule is CC1(C)CCCN(Cc2cccc(C(=N)N)c2)C1. The van der Waals surface area contributed by atoms with Crippen molar-refractivity contribution in [2.45, 2.75) is 33.2 Å². The average molecular weight is 245 g/mol. The first-order valence-electron chi connectivity index (χ1n) is 6.62. The van der Waals surface area contributed by atoms with E-state index in [1.807, 2.05) is 18.2 Å². The van der Waals surface area contributed by atoms with Gasteiger partial charge in [-0.3, -0.25) is 10.3 Å². The van der Waals surface area contributed by atoms with Gasteiger partial charge in [0.1, 0.15) is 5.84 Å². The smallest absolute Gasteiger partial charge is 0.122 e. The zero-order valence-corrected chi connectivity index (χ0v) is 11.4. The van der Waals surface area contributed by atoms with Crippen LogP contribution >= 0.6 is 0 Å². The van der Waals surface area contributed by atoms with Crippen LogP contribution in [0, 0.1) is 10.8 Å². The number of likely N-dealkylation sites (tertiary alicyclic amines) is 1. The largest absolute Gasteiger partial charge is 0.384 e. The van der Waals surface area contributed by atoms with Crippen LogP contribution in [-0.2, 0) is 6.54 Å². The van der Waals surface area contributed by atoms with Crippen LogP contribution in [-0.4, -0.2) is 23.8 Å². The fourth-order valence-corrected chi connectivity index (χ4v) is 2.78. The van der Waals surface area contributed by atoms with Gasteiger partial charge in [0.05, 0.1) is 0 Å². The molecule has 0 unspecified atom stereocenters. The highest BCUT2D eigenvalue weighted by Gasteiger charge is 2.26. The van der Waals surface area contributed by atoms with Gasteiger partial charge in [-0.1, -0.05) is 32.0 Å². The van der Waals surface area contributed by atoms with Crippen LogP contribution in [0.4, 0.5) is 0 Å². The molecule has 3 N–H and O–H groups in total. The maximum Gasteiger partial charge on any atom is 0.122 e. The molecule has 0 aliphatic carbocycles.